The number of rotatable bonds is 9. The van der Waals surface area contributed by atoms with Crippen LogP contribution in [-0.4, -0.2) is 48.9 Å². The number of carbonyl (C=O) groups is 2. The molecule has 8 nitrogen and oxygen atoms in total. The van der Waals surface area contributed by atoms with Crippen LogP contribution in [0.2, 0.25) is 0 Å². The van der Waals surface area contributed by atoms with E-state index in [1.54, 1.807) is 6.92 Å². The Balaban J connectivity index is 3.50. The average Bonchev–Trinajstić information content (AvgIpc) is 2.25. The lowest BCUT2D eigenvalue weighted by Gasteiger charge is -2.13. The van der Waals surface area contributed by atoms with Crippen molar-refractivity contribution in [3.05, 3.63) is 0 Å². The molecule has 0 aromatic rings. The molecule has 2 amide bonds. The molecular weight excluding hydrogens is 244 g/mol. The summed E-state index contributed by atoms with van der Waals surface area (Å²) in [5.74, 6) is -0.784. The van der Waals surface area contributed by atoms with E-state index >= 15 is 0 Å². The number of hydroxylamine groups is 2. The van der Waals surface area contributed by atoms with Gasteiger partial charge >= 0.3 is 0 Å². The molecule has 0 aliphatic heterocycles. The van der Waals surface area contributed by atoms with E-state index in [1.807, 2.05) is 0 Å². The Morgan fingerprint density at radius 1 is 1.17 bits per heavy atom. The maximum atomic E-state index is 11.2. The van der Waals surface area contributed by atoms with Crippen LogP contribution in [0.25, 0.3) is 0 Å². The van der Waals surface area contributed by atoms with Crippen molar-refractivity contribution in [3.63, 3.8) is 0 Å². The second-order valence-electron chi connectivity index (χ2n) is 3.78. The Morgan fingerprint density at radius 2 is 1.78 bits per heavy atom. The first-order valence-electron chi connectivity index (χ1n) is 5.50. The molecule has 0 aliphatic rings. The van der Waals surface area contributed by atoms with Crippen molar-refractivity contribution in [3.8, 4) is 0 Å². The molecule has 0 fully saturated rings. The molecule has 0 unspecified atom stereocenters. The summed E-state index contributed by atoms with van der Waals surface area (Å²) in [6.45, 7) is 4.47. The van der Waals surface area contributed by atoms with Gasteiger partial charge in [-0.15, -0.1) is 0 Å². The van der Waals surface area contributed by atoms with E-state index in [2.05, 4.69) is 15.8 Å². The van der Waals surface area contributed by atoms with Gasteiger partial charge in [0.25, 0.3) is 5.91 Å². The molecule has 0 aliphatic carbocycles. The van der Waals surface area contributed by atoms with Crippen LogP contribution >= 0.6 is 0 Å². The molecule has 0 saturated heterocycles. The van der Waals surface area contributed by atoms with E-state index in [0.29, 0.717) is 0 Å². The largest absolute Gasteiger partial charge is 0.391 e. The highest BCUT2D eigenvalue weighted by atomic mass is 16.7. The zero-order valence-corrected chi connectivity index (χ0v) is 10.8. The molecule has 0 bridgehead atoms. The molecular formula is C10H20N2O6. The first-order chi connectivity index (χ1) is 8.41. The summed E-state index contributed by atoms with van der Waals surface area (Å²) in [6.07, 6.45) is -1.02. The topological polar surface area (TPSA) is 106 Å². The van der Waals surface area contributed by atoms with Crippen molar-refractivity contribution in [1.29, 1.82) is 0 Å². The molecule has 2 atom stereocenters. The van der Waals surface area contributed by atoms with E-state index in [9.17, 15) is 9.59 Å². The minimum atomic E-state index is -0.656. The van der Waals surface area contributed by atoms with Crippen molar-refractivity contribution in [2.75, 3.05) is 19.8 Å². The fraction of sp³-hybridized carbons (Fsp3) is 0.800. The molecule has 0 aromatic carbocycles. The van der Waals surface area contributed by atoms with Gasteiger partial charge in [-0.1, -0.05) is 0 Å². The third-order valence-electron chi connectivity index (χ3n) is 1.54. The van der Waals surface area contributed by atoms with Crippen LogP contribution in [0.5, 0.6) is 0 Å². The zero-order valence-electron chi connectivity index (χ0n) is 10.8. The average molecular weight is 264 g/mol. The summed E-state index contributed by atoms with van der Waals surface area (Å²) in [5, 5.41) is 8.87. The van der Waals surface area contributed by atoms with Gasteiger partial charge in [0.2, 0.25) is 5.91 Å². The summed E-state index contributed by atoms with van der Waals surface area (Å²) in [6, 6.07) is 0. The monoisotopic (exact) mass is 264 g/mol. The first kappa shape index (κ1) is 16.8. The fourth-order valence-electron chi connectivity index (χ4n) is 0.799. The second-order valence-corrected chi connectivity index (χ2v) is 3.78. The highest BCUT2D eigenvalue weighted by Gasteiger charge is 2.08. The summed E-state index contributed by atoms with van der Waals surface area (Å²) >= 11 is 0. The number of carbonyl (C=O) groups excluding carboxylic acids is 2. The number of aliphatic hydroxyl groups is 1. The van der Waals surface area contributed by atoms with Gasteiger partial charge in [-0.2, -0.15) is 0 Å². The van der Waals surface area contributed by atoms with Gasteiger partial charge in [0.05, 0.1) is 12.2 Å². The Hall–Kier alpha value is -1.22. The maximum absolute atomic E-state index is 11.2. The van der Waals surface area contributed by atoms with Gasteiger partial charge < -0.3 is 9.84 Å². The minimum Gasteiger partial charge on any atom is -0.391 e. The highest BCUT2D eigenvalue weighted by Crippen LogP contribution is 1.90. The second kappa shape index (κ2) is 9.77. The number of ether oxygens (including phenoxy) is 1. The summed E-state index contributed by atoms with van der Waals surface area (Å²) in [5.41, 5.74) is 4.25. The summed E-state index contributed by atoms with van der Waals surface area (Å²) in [7, 11) is 0. The molecule has 18 heavy (non-hydrogen) atoms. The predicted molar refractivity (Wildman–Crippen MR) is 61.0 cm³/mol. The lowest BCUT2D eigenvalue weighted by atomic mass is 10.4. The Labute approximate surface area is 105 Å². The summed E-state index contributed by atoms with van der Waals surface area (Å²) < 4.78 is 5.11. The number of hydrogen-bond donors (Lipinski definition) is 3. The molecule has 106 valence electrons. The van der Waals surface area contributed by atoms with Crippen molar-refractivity contribution < 1.29 is 29.1 Å². The molecule has 0 heterocycles. The normalized spacial score (nSPS) is 13.8. The van der Waals surface area contributed by atoms with Crippen LogP contribution in [-0.2, 0) is 24.0 Å². The van der Waals surface area contributed by atoms with Crippen LogP contribution in [0.3, 0.4) is 0 Å². The lowest BCUT2D eigenvalue weighted by Crippen LogP contribution is -2.33. The van der Waals surface area contributed by atoms with E-state index in [4.69, 9.17) is 14.7 Å². The Kier molecular flexibility index (Phi) is 9.11. The Morgan fingerprint density at radius 3 is 2.33 bits per heavy atom. The van der Waals surface area contributed by atoms with Gasteiger partial charge in [-0.25, -0.2) is 11.0 Å². The SMILES string of the molecule is CC(=O)NOC[C@H](C)OCC(=O)NOC[C@@H](C)O. The molecule has 0 rings (SSSR count). The zero-order chi connectivity index (χ0) is 14.0. The van der Waals surface area contributed by atoms with Crippen LogP contribution in [0.4, 0.5) is 0 Å². The van der Waals surface area contributed by atoms with Gasteiger partial charge in [-0.05, 0) is 13.8 Å². The molecule has 3 N–H and O–H groups in total. The van der Waals surface area contributed by atoms with E-state index in [-0.39, 0.29) is 31.8 Å². The predicted octanol–water partition coefficient (Wildman–Crippen LogP) is -1.11. The van der Waals surface area contributed by atoms with Crippen molar-refractivity contribution in [2.45, 2.75) is 33.0 Å². The molecule has 0 saturated carbocycles. The van der Waals surface area contributed by atoms with Crippen LogP contribution in [0.1, 0.15) is 20.8 Å². The van der Waals surface area contributed by atoms with Gasteiger partial charge in [0, 0.05) is 6.92 Å². The van der Waals surface area contributed by atoms with E-state index < -0.39 is 12.0 Å². The van der Waals surface area contributed by atoms with Crippen LogP contribution < -0.4 is 11.0 Å². The third-order valence-corrected chi connectivity index (χ3v) is 1.54. The highest BCUT2D eigenvalue weighted by molar-refractivity contribution is 5.76. The van der Waals surface area contributed by atoms with Gasteiger partial charge in [0.1, 0.15) is 19.8 Å². The molecule has 0 aromatic heterocycles. The summed E-state index contributed by atoms with van der Waals surface area (Å²) in [4.78, 5) is 31.1. The number of aliphatic hydroxyl groups excluding tert-OH is 1. The minimum absolute atomic E-state index is 0.00688. The van der Waals surface area contributed by atoms with Crippen molar-refractivity contribution in [1.82, 2.24) is 11.0 Å². The third kappa shape index (κ3) is 11.3. The number of nitrogens with one attached hydrogen (secondary N) is 2. The maximum Gasteiger partial charge on any atom is 0.269 e. The molecule has 0 spiro atoms. The van der Waals surface area contributed by atoms with Gasteiger partial charge in [0.15, 0.2) is 0 Å². The quantitative estimate of drug-likeness (QED) is 0.456. The fourth-order valence-corrected chi connectivity index (χ4v) is 0.799. The first-order valence-corrected chi connectivity index (χ1v) is 5.50. The van der Waals surface area contributed by atoms with E-state index in [0.717, 1.165) is 0 Å². The van der Waals surface area contributed by atoms with Crippen molar-refractivity contribution in [2.24, 2.45) is 0 Å². The molecule has 8 heteroatoms. The van der Waals surface area contributed by atoms with E-state index in [1.165, 1.54) is 13.8 Å². The van der Waals surface area contributed by atoms with Crippen LogP contribution in [0.15, 0.2) is 0 Å². The van der Waals surface area contributed by atoms with Gasteiger partial charge in [-0.3, -0.25) is 19.3 Å². The smallest absolute Gasteiger partial charge is 0.269 e. The van der Waals surface area contributed by atoms with Crippen molar-refractivity contribution >= 4 is 11.8 Å². The lowest BCUT2D eigenvalue weighted by molar-refractivity contribution is -0.146. The Bertz CT molecular complexity index is 259. The number of hydrogen-bond acceptors (Lipinski definition) is 6. The number of amides is 2. The standard InChI is InChI=1S/C10H20N2O6/c1-7(13)4-17-12-10(15)6-16-8(2)5-18-11-9(3)14/h7-8,13H,4-6H2,1-3H3,(H,11,14)(H,12,15)/t7-,8+/m1/s1. The van der Waals surface area contributed by atoms with Crippen LogP contribution in [0, 0.1) is 0 Å². The molecule has 0 radical (unpaired) electrons.